The van der Waals surface area contributed by atoms with Gasteiger partial charge in [0.05, 0.1) is 13.0 Å². The van der Waals surface area contributed by atoms with Crippen molar-refractivity contribution in [1.82, 2.24) is 15.5 Å². The number of allylic oxidation sites excluding steroid dienone is 5. The van der Waals surface area contributed by atoms with Crippen LogP contribution in [0.15, 0.2) is 65.2 Å². The third-order valence-electron chi connectivity index (χ3n) is 5.02. The second kappa shape index (κ2) is 12.3. The molecule has 2 N–H and O–H groups in total. The van der Waals surface area contributed by atoms with Crippen LogP contribution in [0.4, 0.5) is 0 Å². The van der Waals surface area contributed by atoms with E-state index in [2.05, 4.69) is 22.2 Å². The highest BCUT2D eigenvalue weighted by Crippen LogP contribution is 2.17. The summed E-state index contributed by atoms with van der Waals surface area (Å²) in [5, 5.41) is 5.11. The Hall–Kier alpha value is -3.55. The smallest absolute Gasteiger partial charge is 0.251 e. The van der Waals surface area contributed by atoms with E-state index >= 15 is 0 Å². The summed E-state index contributed by atoms with van der Waals surface area (Å²) in [7, 11) is 0. The number of piperidine rings is 1. The molecule has 8 heteroatoms. The minimum absolute atomic E-state index is 0.00190. The van der Waals surface area contributed by atoms with Gasteiger partial charge in [-0.1, -0.05) is 50.0 Å². The number of carbonyl (C=O) groups excluding carboxylic acids is 4. The fraction of sp³-hybridized carbons (Fsp3) is 0.375. The molecule has 0 radical (unpaired) electrons. The fourth-order valence-corrected chi connectivity index (χ4v) is 3.33. The Balaban J connectivity index is 2.16. The van der Waals surface area contributed by atoms with Crippen LogP contribution >= 0.6 is 0 Å². The molecule has 4 amide bonds. The summed E-state index contributed by atoms with van der Waals surface area (Å²) in [6, 6.07) is -0.788. The molecule has 0 aliphatic carbocycles. The lowest BCUT2D eigenvalue weighted by molar-refractivity contribution is -0.142. The molecule has 2 aliphatic heterocycles. The van der Waals surface area contributed by atoms with E-state index in [1.54, 1.807) is 31.2 Å². The molecule has 2 aliphatic rings. The normalized spacial score (nSPS) is 23.2. The van der Waals surface area contributed by atoms with Crippen molar-refractivity contribution in [2.75, 3.05) is 13.1 Å². The summed E-state index contributed by atoms with van der Waals surface area (Å²) < 4.78 is 0. The predicted molar refractivity (Wildman–Crippen MR) is 124 cm³/mol. The molecule has 2 rings (SSSR count). The van der Waals surface area contributed by atoms with Crippen molar-refractivity contribution < 1.29 is 19.2 Å². The van der Waals surface area contributed by atoms with Crippen molar-refractivity contribution in [1.29, 1.82) is 0 Å². The summed E-state index contributed by atoms with van der Waals surface area (Å²) in [4.78, 5) is 55.2. The lowest BCUT2D eigenvalue weighted by atomic mass is 10.0. The first-order valence-electron chi connectivity index (χ1n) is 10.7. The zero-order chi connectivity index (χ0) is 23.5. The van der Waals surface area contributed by atoms with Crippen LogP contribution in [0.3, 0.4) is 0 Å². The highest BCUT2D eigenvalue weighted by Gasteiger charge is 2.36. The van der Waals surface area contributed by atoms with Crippen molar-refractivity contribution in [2.24, 2.45) is 4.99 Å². The van der Waals surface area contributed by atoms with Gasteiger partial charge in [-0.05, 0) is 31.4 Å². The van der Waals surface area contributed by atoms with E-state index in [9.17, 15) is 19.2 Å². The molecule has 0 spiro atoms. The second-order valence-electron chi connectivity index (χ2n) is 7.39. The van der Waals surface area contributed by atoms with Gasteiger partial charge in [0.15, 0.2) is 0 Å². The van der Waals surface area contributed by atoms with Crippen LogP contribution in [-0.4, -0.2) is 53.5 Å². The molecular weight excluding hydrogens is 408 g/mol. The Morgan fingerprint density at radius 1 is 1.38 bits per heavy atom. The van der Waals surface area contributed by atoms with Gasteiger partial charge in [0.2, 0.25) is 17.7 Å². The van der Waals surface area contributed by atoms with E-state index in [1.807, 2.05) is 19.1 Å². The van der Waals surface area contributed by atoms with Gasteiger partial charge in [0, 0.05) is 18.5 Å². The fourth-order valence-electron chi connectivity index (χ4n) is 3.33. The number of imide groups is 1. The quantitative estimate of drug-likeness (QED) is 0.361. The molecule has 0 aromatic carbocycles. The molecule has 2 heterocycles. The third kappa shape index (κ3) is 7.01. The summed E-state index contributed by atoms with van der Waals surface area (Å²) >= 11 is 0. The highest BCUT2D eigenvalue weighted by atomic mass is 16.2. The maximum atomic E-state index is 13.2. The van der Waals surface area contributed by atoms with Gasteiger partial charge in [-0.3, -0.25) is 34.4 Å². The lowest BCUT2D eigenvalue weighted by Crippen LogP contribution is -2.56. The standard InChI is InChI=1S/C24H30N4O4/c1-4-6-7-11-19(5-2)23(31)26-16-18-10-8-9-14-25-17(3)28(22(30)15-18)20-12-13-21(29)27-24(20)32/h5-11,20H,2,4,12-16H2,1,3H3,(H,26,31)(H,27,29,32)/b7-6-,9-8-,18-10+,19-11+,25-17?. The van der Waals surface area contributed by atoms with Gasteiger partial charge in [-0.15, -0.1) is 0 Å². The average molecular weight is 439 g/mol. The van der Waals surface area contributed by atoms with Crippen LogP contribution in [0.5, 0.6) is 0 Å². The molecular formula is C24H30N4O4. The van der Waals surface area contributed by atoms with E-state index < -0.39 is 11.9 Å². The monoisotopic (exact) mass is 438 g/mol. The van der Waals surface area contributed by atoms with Crippen LogP contribution in [0, 0.1) is 0 Å². The third-order valence-corrected chi connectivity index (χ3v) is 5.02. The zero-order valence-electron chi connectivity index (χ0n) is 18.6. The van der Waals surface area contributed by atoms with E-state index in [4.69, 9.17) is 0 Å². The van der Waals surface area contributed by atoms with Crippen LogP contribution in [0.25, 0.3) is 0 Å². The summed E-state index contributed by atoms with van der Waals surface area (Å²) in [6.45, 7) is 7.85. The van der Waals surface area contributed by atoms with Gasteiger partial charge >= 0.3 is 0 Å². The van der Waals surface area contributed by atoms with E-state index in [1.165, 1.54) is 11.0 Å². The van der Waals surface area contributed by atoms with Crippen molar-refractivity contribution >= 4 is 29.5 Å². The number of aliphatic imine (C=N–C) groups is 1. The van der Waals surface area contributed by atoms with Crippen LogP contribution in [0.2, 0.25) is 0 Å². The molecule has 0 saturated carbocycles. The largest absolute Gasteiger partial charge is 0.348 e. The van der Waals surface area contributed by atoms with Crippen molar-refractivity contribution in [3.63, 3.8) is 0 Å². The Bertz CT molecular complexity index is 924. The van der Waals surface area contributed by atoms with Crippen molar-refractivity contribution in [3.8, 4) is 0 Å². The van der Waals surface area contributed by atoms with E-state index in [0.717, 1.165) is 6.42 Å². The molecule has 1 atom stereocenters. The molecule has 0 aromatic heterocycles. The van der Waals surface area contributed by atoms with Gasteiger partial charge in [0.25, 0.3) is 5.91 Å². The van der Waals surface area contributed by atoms with Gasteiger partial charge in [-0.25, -0.2) is 0 Å². The Morgan fingerprint density at radius 2 is 2.16 bits per heavy atom. The molecule has 1 unspecified atom stereocenters. The molecule has 170 valence electrons. The van der Waals surface area contributed by atoms with E-state index in [0.29, 0.717) is 23.5 Å². The molecule has 32 heavy (non-hydrogen) atoms. The van der Waals surface area contributed by atoms with Crippen LogP contribution < -0.4 is 10.6 Å². The zero-order valence-corrected chi connectivity index (χ0v) is 18.6. The molecule has 0 aromatic rings. The van der Waals surface area contributed by atoms with Crippen molar-refractivity contribution in [3.05, 3.63) is 60.3 Å². The molecule has 8 nitrogen and oxygen atoms in total. The number of hydrogen-bond acceptors (Lipinski definition) is 5. The second-order valence-corrected chi connectivity index (χ2v) is 7.39. The van der Waals surface area contributed by atoms with Crippen molar-refractivity contribution in [2.45, 2.75) is 45.6 Å². The van der Waals surface area contributed by atoms with Gasteiger partial charge in [0.1, 0.15) is 11.9 Å². The lowest BCUT2D eigenvalue weighted by Gasteiger charge is -2.33. The Labute approximate surface area is 188 Å². The first-order valence-corrected chi connectivity index (χ1v) is 10.7. The number of rotatable bonds is 7. The van der Waals surface area contributed by atoms with Crippen LogP contribution in [0.1, 0.15) is 39.5 Å². The summed E-state index contributed by atoms with van der Waals surface area (Å²) in [6.07, 6.45) is 13.5. The maximum absolute atomic E-state index is 13.2. The maximum Gasteiger partial charge on any atom is 0.251 e. The number of hydrogen-bond donors (Lipinski definition) is 2. The molecule has 1 saturated heterocycles. The Kier molecular flexibility index (Phi) is 9.53. The first-order chi connectivity index (χ1) is 15.4. The van der Waals surface area contributed by atoms with E-state index in [-0.39, 0.29) is 43.5 Å². The number of carbonyl (C=O) groups is 4. The van der Waals surface area contributed by atoms with Gasteiger partial charge < -0.3 is 5.32 Å². The highest BCUT2D eigenvalue weighted by molar-refractivity contribution is 6.07. The minimum Gasteiger partial charge on any atom is -0.348 e. The average Bonchev–Trinajstić information content (AvgIpc) is 2.75. The first kappa shape index (κ1) is 24.7. The Morgan fingerprint density at radius 3 is 2.84 bits per heavy atom. The van der Waals surface area contributed by atoms with Crippen LogP contribution in [-0.2, 0) is 19.2 Å². The minimum atomic E-state index is -0.788. The molecule has 0 bridgehead atoms. The number of amidine groups is 1. The van der Waals surface area contributed by atoms with Gasteiger partial charge in [-0.2, -0.15) is 0 Å². The number of nitrogens with one attached hydrogen (secondary N) is 2. The number of nitrogens with zero attached hydrogens (tertiary/aromatic N) is 2. The summed E-state index contributed by atoms with van der Waals surface area (Å²) in [5.41, 5.74) is 1.10. The number of amides is 4. The topological polar surface area (TPSA) is 108 Å². The summed E-state index contributed by atoms with van der Waals surface area (Å²) in [5.74, 6) is -1.05. The molecule has 1 fully saturated rings. The predicted octanol–water partition coefficient (Wildman–Crippen LogP) is 2.12. The SMILES string of the molecule is C=C/C(=C\C=C/CC)C(=O)NC/C1=C/C=C\CN=C(C)N(C2CCC(=O)NC2=O)C(=O)C1.